The molecular weight excluding hydrogens is 442 g/mol. The number of nitrogens with zero attached hydrogens (tertiary/aromatic N) is 4. The molecule has 9 nitrogen and oxygen atoms in total. The molecule has 9 heteroatoms. The van der Waals surface area contributed by atoms with Crippen LogP contribution in [0.2, 0.25) is 0 Å². The van der Waals surface area contributed by atoms with E-state index in [9.17, 15) is 9.59 Å². The average molecular weight is 482 g/mol. The van der Waals surface area contributed by atoms with Crippen LogP contribution in [0.15, 0.2) is 46.1 Å². The second-order valence-electron chi connectivity index (χ2n) is 9.15. The van der Waals surface area contributed by atoms with Crippen LogP contribution in [0.1, 0.15) is 46.0 Å². The molecule has 0 atom stereocenters. The predicted octanol–water partition coefficient (Wildman–Crippen LogP) is 3.29. The summed E-state index contributed by atoms with van der Waals surface area (Å²) in [7, 11) is 0. The first kappa shape index (κ1) is 26.4. The van der Waals surface area contributed by atoms with Crippen molar-refractivity contribution < 1.29 is 9.59 Å². The smallest absolute Gasteiger partial charge is 0.228 e. The number of amides is 2. The zero-order chi connectivity index (χ0) is 25.0. The topological polar surface area (TPSA) is 101 Å². The van der Waals surface area contributed by atoms with Gasteiger partial charge in [-0.3, -0.25) is 9.59 Å². The number of aliphatic imine (C=N–C) groups is 2. The Morgan fingerprint density at radius 1 is 1.11 bits per heavy atom. The normalized spacial score (nSPS) is 17.8. The molecule has 1 aromatic carbocycles. The largest absolute Gasteiger partial charge is 0.370 e. The van der Waals surface area contributed by atoms with Crippen LogP contribution in [-0.2, 0) is 9.59 Å². The zero-order valence-electron chi connectivity index (χ0n) is 21.1. The first-order valence-corrected chi connectivity index (χ1v) is 12.6. The lowest BCUT2D eigenvalue weighted by Crippen LogP contribution is -2.39. The molecule has 2 aliphatic rings. The fourth-order valence-corrected chi connectivity index (χ4v) is 4.42. The third kappa shape index (κ3) is 8.83. The van der Waals surface area contributed by atoms with Crippen molar-refractivity contribution in [2.45, 2.75) is 46.0 Å². The molecule has 190 valence electrons. The molecule has 2 aliphatic heterocycles. The number of carbonyl (C=O) groups is 2. The van der Waals surface area contributed by atoms with E-state index in [2.05, 4.69) is 37.6 Å². The van der Waals surface area contributed by atoms with Crippen LogP contribution in [0.5, 0.6) is 0 Å². The highest BCUT2D eigenvalue weighted by Gasteiger charge is 2.20. The molecule has 2 amide bonds. The molecule has 3 N–H and O–H groups in total. The summed E-state index contributed by atoms with van der Waals surface area (Å²) < 4.78 is 0. The second-order valence-corrected chi connectivity index (χ2v) is 9.15. The fraction of sp³-hybridized carbons (Fsp3) is 0.538. The number of piperidine rings is 1. The van der Waals surface area contributed by atoms with Crippen LogP contribution in [0, 0.1) is 5.92 Å². The van der Waals surface area contributed by atoms with Crippen molar-refractivity contribution in [3.63, 3.8) is 0 Å². The minimum Gasteiger partial charge on any atom is -0.370 e. The number of likely N-dealkylation sites (tertiary alicyclic amines) is 2. The van der Waals surface area contributed by atoms with Gasteiger partial charge in [-0.25, -0.2) is 4.99 Å². The van der Waals surface area contributed by atoms with Gasteiger partial charge in [-0.05, 0) is 82.6 Å². The Balaban J connectivity index is 1.49. The second kappa shape index (κ2) is 13.6. The Labute approximate surface area is 208 Å². The molecule has 1 aromatic rings. The van der Waals surface area contributed by atoms with Crippen molar-refractivity contribution in [1.82, 2.24) is 15.1 Å². The zero-order valence-corrected chi connectivity index (χ0v) is 21.1. The van der Waals surface area contributed by atoms with E-state index in [0.29, 0.717) is 24.1 Å². The number of guanidine groups is 1. The number of nitrogens with one attached hydrogen (secondary N) is 3. The van der Waals surface area contributed by atoms with E-state index >= 15 is 0 Å². The third-order valence-corrected chi connectivity index (χ3v) is 6.54. The monoisotopic (exact) mass is 481 g/mol. The molecular formula is C26H39N7O2. The molecule has 2 heterocycles. The van der Waals surface area contributed by atoms with E-state index in [-0.39, 0.29) is 11.8 Å². The van der Waals surface area contributed by atoms with Gasteiger partial charge in [0.1, 0.15) is 5.82 Å². The summed E-state index contributed by atoms with van der Waals surface area (Å²) >= 11 is 0. The van der Waals surface area contributed by atoms with Gasteiger partial charge in [0, 0.05) is 50.9 Å². The highest BCUT2D eigenvalue weighted by atomic mass is 16.2. The van der Waals surface area contributed by atoms with Gasteiger partial charge in [0.05, 0.1) is 0 Å². The summed E-state index contributed by atoms with van der Waals surface area (Å²) in [4.78, 5) is 36.7. The molecule has 2 fully saturated rings. The maximum absolute atomic E-state index is 12.4. The number of hydrogen-bond donors (Lipinski definition) is 3. The third-order valence-electron chi connectivity index (χ3n) is 6.54. The maximum atomic E-state index is 12.4. The van der Waals surface area contributed by atoms with Crippen LogP contribution >= 0.6 is 0 Å². The number of benzene rings is 1. The first-order chi connectivity index (χ1) is 17.0. The molecule has 0 bridgehead atoms. The Morgan fingerprint density at radius 2 is 1.80 bits per heavy atom. The van der Waals surface area contributed by atoms with Gasteiger partial charge in [0.2, 0.25) is 17.8 Å². The molecule has 0 saturated carbocycles. The summed E-state index contributed by atoms with van der Waals surface area (Å²) in [6.07, 6.45) is 6.80. The minimum atomic E-state index is 0.0133. The molecule has 3 rings (SSSR count). The number of hydrogen-bond acceptors (Lipinski definition) is 5. The standard InChI is InChI=1S/C26H39N7O2/c1-4-24(28-19-21-10-16-33(17-11-21)20(2)34)31-26(27-3)30-23-9-7-8-22(18-23)29-25(35)12-15-32-13-5-6-14-32/h4,7-9,18,21,28H,3,5-6,10-17,19H2,1-2H3,(H,29,35)(H,30,31)/b24-4-. The predicted molar refractivity (Wildman–Crippen MR) is 143 cm³/mol. The van der Waals surface area contributed by atoms with Gasteiger partial charge in [0.25, 0.3) is 0 Å². The van der Waals surface area contributed by atoms with Crippen molar-refractivity contribution in [3.05, 3.63) is 36.2 Å². The SMILES string of the molecule is C=NC(=N/C(=C\C)NCC1CCN(C(C)=O)CC1)Nc1cccc(NC(=O)CCN2CCCC2)c1. The van der Waals surface area contributed by atoms with Crippen LogP contribution in [0.25, 0.3) is 0 Å². The van der Waals surface area contributed by atoms with Gasteiger partial charge in [0.15, 0.2) is 0 Å². The highest BCUT2D eigenvalue weighted by Crippen LogP contribution is 2.18. The van der Waals surface area contributed by atoms with E-state index in [1.165, 1.54) is 12.8 Å². The molecule has 2 saturated heterocycles. The van der Waals surface area contributed by atoms with Crippen LogP contribution in [0.3, 0.4) is 0 Å². The van der Waals surface area contributed by atoms with E-state index < -0.39 is 0 Å². The van der Waals surface area contributed by atoms with Gasteiger partial charge < -0.3 is 25.8 Å². The Bertz CT molecular complexity index is 929. The Kier molecular flexibility index (Phi) is 10.3. The number of anilines is 2. The lowest BCUT2D eigenvalue weighted by molar-refractivity contribution is -0.130. The molecule has 0 unspecified atom stereocenters. The molecule has 0 radical (unpaired) electrons. The Morgan fingerprint density at radius 3 is 2.43 bits per heavy atom. The number of carbonyl (C=O) groups excluding carboxylic acids is 2. The first-order valence-electron chi connectivity index (χ1n) is 12.6. The molecule has 0 spiro atoms. The van der Waals surface area contributed by atoms with E-state index in [4.69, 9.17) is 0 Å². The summed E-state index contributed by atoms with van der Waals surface area (Å²) in [5.74, 6) is 1.73. The Hall–Kier alpha value is -3.20. The van der Waals surface area contributed by atoms with Crippen LogP contribution in [-0.4, -0.2) is 73.6 Å². The van der Waals surface area contributed by atoms with Crippen molar-refractivity contribution >= 4 is 35.9 Å². The minimum absolute atomic E-state index is 0.0133. The van der Waals surface area contributed by atoms with Crippen molar-refractivity contribution in [3.8, 4) is 0 Å². The molecule has 0 aliphatic carbocycles. The van der Waals surface area contributed by atoms with Gasteiger partial charge in [-0.2, -0.15) is 4.99 Å². The highest BCUT2D eigenvalue weighted by molar-refractivity contribution is 5.98. The van der Waals surface area contributed by atoms with Crippen molar-refractivity contribution in [2.24, 2.45) is 15.9 Å². The number of allylic oxidation sites excluding steroid dienone is 1. The molecule has 0 aromatic heterocycles. The quantitative estimate of drug-likeness (QED) is 0.371. The summed E-state index contributed by atoms with van der Waals surface area (Å²) in [6, 6.07) is 7.50. The van der Waals surface area contributed by atoms with Crippen molar-refractivity contribution in [1.29, 1.82) is 0 Å². The van der Waals surface area contributed by atoms with E-state index in [0.717, 1.165) is 63.5 Å². The fourth-order valence-electron chi connectivity index (χ4n) is 4.42. The lowest BCUT2D eigenvalue weighted by atomic mass is 9.97. The lowest BCUT2D eigenvalue weighted by Gasteiger charge is -2.31. The van der Waals surface area contributed by atoms with Crippen molar-refractivity contribution in [2.75, 3.05) is 49.9 Å². The van der Waals surface area contributed by atoms with Gasteiger partial charge >= 0.3 is 0 Å². The van der Waals surface area contributed by atoms with E-state index in [1.54, 1.807) is 6.92 Å². The summed E-state index contributed by atoms with van der Waals surface area (Å²) in [5.41, 5.74) is 1.49. The van der Waals surface area contributed by atoms with Crippen LogP contribution < -0.4 is 16.0 Å². The maximum Gasteiger partial charge on any atom is 0.228 e. The van der Waals surface area contributed by atoms with E-state index in [1.807, 2.05) is 42.2 Å². The summed E-state index contributed by atoms with van der Waals surface area (Å²) in [5, 5.41) is 9.54. The average Bonchev–Trinajstić information content (AvgIpc) is 3.39. The van der Waals surface area contributed by atoms with Gasteiger partial charge in [-0.1, -0.05) is 6.07 Å². The van der Waals surface area contributed by atoms with Crippen LogP contribution in [0.4, 0.5) is 11.4 Å². The summed E-state index contributed by atoms with van der Waals surface area (Å²) in [6.45, 7) is 12.6. The number of rotatable bonds is 9. The molecule has 35 heavy (non-hydrogen) atoms. The van der Waals surface area contributed by atoms with Gasteiger partial charge in [-0.15, -0.1) is 0 Å².